The summed E-state index contributed by atoms with van der Waals surface area (Å²) in [5.41, 5.74) is 2.29. The number of nitrogens with zero attached hydrogens (tertiary/aromatic N) is 1. The molecule has 0 aliphatic carbocycles. The van der Waals surface area contributed by atoms with Crippen LogP contribution in [0.25, 0.3) is 0 Å². The zero-order valence-corrected chi connectivity index (χ0v) is 12.0. The van der Waals surface area contributed by atoms with Crippen LogP contribution in [0.4, 0.5) is 0 Å². The van der Waals surface area contributed by atoms with Gasteiger partial charge in [0.15, 0.2) is 0 Å². The molecule has 0 saturated carbocycles. The van der Waals surface area contributed by atoms with Crippen LogP contribution in [0.1, 0.15) is 11.1 Å². The van der Waals surface area contributed by atoms with Crippen LogP contribution in [0.15, 0.2) is 54.6 Å². The third-order valence-corrected chi connectivity index (χ3v) is 3.08. The van der Waals surface area contributed by atoms with Crippen molar-refractivity contribution in [2.45, 2.75) is 12.8 Å². The molecule has 2 rings (SSSR count). The molecule has 21 heavy (non-hydrogen) atoms. The van der Waals surface area contributed by atoms with Crippen molar-refractivity contribution in [2.24, 2.45) is 0 Å². The minimum Gasteiger partial charge on any atom is -0.491 e. The van der Waals surface area contributed by atoms with Gasteiger partial charge in [0.05, 0.1) is 25.7 Å². The van der Waals surface area contributed by atoms with Crippen molar-refractivity contribution in [3.8, 4) is 11.8 Å². The topological polar surface area (TPSA) is 42.2 Å². The van der Waals surface area contributed by atoms with E-state index in [-0.39, 0.29) is 0 Å². The molecule has 0 unspecified atom stereocenters. The predicted octanol–water partition coefficient (Wildman–Crippen LogP) is 3.39. The van der Waals surface area contributed by atoms with E-state index in [1.165, 1.54) is 5.56 Å². The van der Waals surface area contributed by atoms with E-state index in [1.807, 2.05) is 42.5 Å². The molecule has 0 amide bonds. The molecule has 2 aromatic rings. The number of benzene rings is 2. The Kier molecular flexibility index (Phi) is 6.31. The first-order chi connectivity index (χ1) is 10.4. The molecule has 0 saturated heterocycles. The highest BCUT2D eigenvalue weighted by Crippen LogP contribution is 2.12. The van der Waals surface area contributed by atoms with E-state index in [1.54, 1.807) is 0 Å². The Balaban J connectivity index is 1.58. The van der Waals surface area contributed by atoms with Crippen molar-refractivity contribution in [3.63, 3.8) is 0 Å². The van der Waals surface area contributed by atoms with Crippen LogP contribution in [0.3, 0.4) is 0 Å². The highest BCUT2D eigenvalue weighted by atomic mass is 16.5. The van der Waals surface area contributed by atoms with Crippen LogP contribution in [-0.2, 0) is 17.6 Å². The third-order valence-electron chi connectivity index (χ3n) is 3.08. The van der Waals surface area contributed by atoms with Gasteiger partial charge in [0, 0.05) is 0 Å². The summed E-state index contributed by atoms with van der Waals surface area (Å²) in [6.45, 7) is 1.81. The van der Waals surface area contributed by atoms with Crippen LogP contribution in [0.5, 0.6) is 5.75 Å². The van der Waals surface area contributed by atoms with Crippen LogP contribution in [0.2, 0.25) is 0 Å². The van der Waals surface area contributed by atoms with Crippen LogP contribution in [-0.4, -0.2) is 19.8 Å². The molecule has 0 bridgehead atoms. The molecule has 2 aromatic carbocycles. The Morgan fingerprint density at radius 1 is 0.810 bits per heavy atom. The molecule has 0 N–H and O–H groups in total. The summed E-state index contributed by atoms with van der Waals surface area (Å²) in [6, 6.07) is 20.0. The van der Waals surface area contributed by atoms with Crippen molar-refractivity contribution >= 4 is 0 Å². The molecule has 0 heterocycles. The number of ether oxygens (including phenoxy) is 2. The lowest BCUT2D eigenvalue weighted by Crippen LogP contribution is -2.08. The zero-order chi connectivity index (χ0) is 14.8. The monoisotopic (exact) mass is 281 g/mol. The molecule has 0 radical (unpaired) electrons. The van der Waals surface area contributed by atoms with Crippen molar-refractivity contribution in [1.29, 1.82) is 5.26 Å². The Bertz CT molecular complexity index is 558. The largest absolute Gasteiger partial charge is 0.491 e. The normalized spacial score (nSPS) is 10.0. The van der Waals surface area contributed by atoms with E-state index >= 15 is 0 Å². The lowest BCUT2D eigenvalue weighted by molar-refractivity contribution is 0.102. The maximum atomic E-state index is 8.60. The Labute approximate surface area is 125 Å². The van der Waals surface area contributed by atoms with Gasteiger partial charge in [-0.15, -0.1) is 0 Å². The minimum atomic E-state index is 0.433. The molecule has 0 aliphatic rings. The quantitative estimate of drug-likeness (QED) is 0.696. The van der Waals surface area contributed by atoms with Crippen molar-refractivity contribution in [2.75, 3.05) is 19.8 Å². The Morgan fingerprint density at radius 3 is 2.29 bits per heavy atom. The fraction of sp³-hybridized carbons (Fsp3) is 0.278. The Hall–Kier alpha value is -2.31. The van der Waals surface area contributed by atoms with Crippen molar-refractivity contribution in [3.05, 3.63) is 65.7 Å². The van der Waals surface area contributed by atoms with Gasteiger partial charge in [0.1, 0.15) is 12.4 Å². The van der Waals surface area contributed by atoms with Crippen LogP contribution in [0, 0.1) is 11.3 Å². The first-order valence-corrected chi connectivity index (χ1v) is 7.09. The average Bonchev–Trinajstić information content (AvgIpc) is 2.53. The number of hydrogen-bond donors (Lipinski definition) is 0. The summed E-state index contributed by atoms with van der Waals surface area (Å²) in [4.78, 5) is 0. The molecule has 0 aliphatic heterocycles. The van der Waals surface area contributed by atoms with Crippen LogP contribution < -0.4 is 4.74 Å². The van der Waals surface area contributed by atoms with E-state index < -0.39 is 0 Å². The van der Waals surface area contributed by atoms with Gasteiger partial charge in [-0.2, -0.15) is 5.26 Å². The van der Waals surface area contributed by atoms with Crippen molar-refractivity contribution < 1.29 is 9.47 Å². The lowest BCUT2D eigenvalue weighted by atomic mass is 10.2. The predicted molar refractivity (Wildman–Crippen MR) is 82.2 cm³/mol. The number of nitriles is 1. The Morgan fingerprint density at radius 2 is 1.57 bits per heavy atom. The van der Waals surface area contributed by atoms with Gasteiger partial charge < -0.3 is 9.47 Å². The first kappa shape index (κ1) is 15.1. The highest BCUT2D eigenvalue weighted by Gasteiger charge is 1.96. The molecule has 3 heteroatoms. The second-order valence-corrected chi connectivity index (χ2v) is 4.68. The molecular formula is C18H19NO2. The lowest BCUT2D eigenvalue weighted by Gasteiger charge is -2.07. The highest BCUT2D eigenvalue weighted by molar-refractivity contribution is 5.28. The van der Waals surface area contributed by atoms with E-state index in [0.29, 0.717) is 26.2 Å². The summed E-state index contributed by atoms with van der Waals surface area (Å²) in [5.74, 6) is 0.809. The second-order valence-electron chi connectivity index (χ2n) is 4.68. The minimum absolute atomic E-state index is 0.433. The molecule has 0 aromatic heterocycles. The first-order valence-electron chi connectivity index (χ1n) is 7.09. The van der Waals surface area contributed by atoms with E-state index in [9.17, 15) is 0 Å². The maximum Gasteiger partial charge on any atom is 0.119 e. The number of hydrogen-bond acceptors (Lipinski definition) is 3. The standard InChI is InChI=1S/C18H19NO2/c19-12-10-17-6-8-18(9-7-17)21-15-14-20-13-11-16-4-2-1-3-5-16/h1-9H,10-11,13-15H2. The summed E-state index contributed by atoms with van der Waals surface area (Å²) in [5, 5.41) is 8.60. The number of rotatable bonds is 8. The molecule has 0 fully saturated rings. The van der Waals surface area contributed by atoms with Gasteiger partial charge >= 0.3 is 0 Å². The van der Waals surface area contributed by atoms with Gasteiger partial charge in [0.2, 0.25) is 0 Å². The van der Waals surface area contributed by atoms with Crippen molar-refractivity contribution in [1.82, 2.24) is 0 Å². The molecule has 3 nitrogen and oxygen atoms in total. The fourth-order valence-corrected chi connectivity index (χ4v) is 1.95. The molecular weight excluding hydrogens is 262 g/mol. The summed E-state index contributed by atoms with van der Waals surface area (Å²) >= 11 is 0. The zero-order valence-electron chi connectivity index (χ0n) is 12.0. The summed E-state index contributed by atoms with van der Waals surface area (Å²) < 4.78 is 11.1. The molecule has 0 spiro atoms. The third kappa shape index (κ3) is 5.68. The average molecular weight is 281 g/mol. The van der Waals surface area contributed by atoms with E-state index in [4.69, 9.17) is 14.7 Å². The van der Waals surface area contributed by atoms with E-state index in [2.05, 4.69) is 18.2 Å². The molecule has 108 valence electrons. The van der Waals surface area contributed by atoms with Gasteiger partial charge in [-0.05, 0) is 29.7 Å². The van der Waals surface area contributed by atoms with Crippen LogP contribution >= 0.6 is 0 Å². The van der Waals surface area contributed by atoms with Gasteiger partial charge in [-0.1, -0.05) is 42.5 Å². The summed E-state index contributed by atoms with van der Waals surface area (Å²) in [7, 11) is 0. The fourth-order valence-electron chi connectivity index (χ4n) is 1.95. The smallest absolute Gasteiger partial charge is 0.119 e. The van der Waals surface area contributed by atoms with E-state index in [0.717, 1.165) is 17.7 Å². The van der Waals surface area contributed by atoms with Gasteiger partial charge in [-0.3, -0.25) is 0 Å². The SMILES string of the molecule is N#CCc1ccc(OCCOCCc2ccccc2)cc1. The van der Waals surface area contributed by atoms with Gasteiger partial charge in [-0.25, -0.2) is 0 Å². The summed E-state index contributed by atoms with van der Waals surface area (Å²) in [6.07, 6.45) is 1.35. The maximum absolute atomic E-state index is 8.60. The molecule has 0 atom stereocenters. The van der Waals surface area contributed by atoms with Gasteiger partial charge in [0.25, 0.3) is 0 Å². The second kappa shape index (κ2) is 8.78.